The second-order valence-corrected chi connectivity index (χ2v) is 5.94. The number of rotatable bonds is 5. The summed E-state index contributed by atoms with van der Waals surface area (Å²) in [5.74, 6) is -1.24. The Morgan fingerprint density at radius 3 is 2.22 bits per heavy atom. The number of carbonyl (C=O) groups excluding carboxylic acids is 3. The molecular weight excluding hydrogens is 350 g/mol. The molecule has 1 amide bonds. The maximum absolute atomic E-state index is 12.5. The van der Waals surface area contributed by atoms with E-state index in [0.717, 1.165) is 17.7 Å². The first-order chi connectivity index (χ1) is 13.0. The van der Waals surface area contributed by atoms with Crippen LogP contribution in [0.3, 0.4) is 0 Å². The van der Waals surface area contributed by atoms with Gasteiger partial charge < -0.3 is 19.1 Å². The smallest absolute Gasteiger partial charge is 0.338 e. The lowest BCUT2D eigenvalue weighted by Gasteiger charge is -2.18. The van der Waals surface area contributed by atoms with Crippen molar-refractivity contribution in [1.29, 1.82) is 0 Å². The Balaban J connectivity index is 1.76. The molecule has 0 N–H and O–H groups in total. The molecule has 0 unspecified atom stereocenters. The molecule has 7 heteroatoms. The van der Waals surface area contributed by atoms with Crippen LogP contribution in [0.15, 0.2) is 42.5 Å². The number of para-hydroxylation sites is 1. The fourth-order valence-electron chi connectivity index (χ4n) is 2.97. The minimum absolute atomic E-state index is 0.134. The molecule has 140 valence electrons. The highest BCUT2D eigenvalue weighted by Crippen LogP contribution is 2.27. The van der Waals surface area contributed by atoms with Crippen LogP contribution in [0.2, 0.25) is 0 Å². The van der Waals surface area contributed by atoms with Crippen molar-refractivity contribution in [3.05, 3.63) is 59.2 Å². The van der Waals surface area contributed by atoms with E-state index in [4.69, 9.17) is 4.74 Å². The highest BCUT2D eigenvalue weighted by atomic mass is 16.5. The van der Waals surface area contributed by atoms with Crippen LogP contribution >= 0.6 is 0 Å². The predicted octanol–water partition coefficient (Wildman–Crippen LogP) is 2.23. The molecule has 0 aromatic heterocycles. The van der Waals surface area contributed by atoms with E-state index in [1.165, 1.54) is 32.4 Å². The van der Waals surface area contributed by atoms with Crippen LogP contribution in [-0.2, 0) is 20.7 Å². The second-order valence-electron chi connectivity index (χ2n) is 5.94. The topological polar surface area (TPSA) is 82.1 Å². The number of hydrogen-bond donors (Lipinski definition) is 0. The molecule has 0 spiro atoms. The van der Waals surface area contributed by atoms with Crippen LogP contribution in [0.1, 0.15) is 26.3 Å². The van der Waals surface area contributed by atoms with Crippen LogP contribution in [0, 0.1) is 0 Å². The number of esters is 2. The highest BCUT2D eigenvalue weighted by molar-refractivity contribution is 5.97. The van der Waals surface area contributed by atoms with Gasteiger partial charge in [-0.3, -0.25) is 4.79 Å². The van der Waals surface area contributed by atoms with Gasteiger partial charge in [0.05, 0.1) is 25.3 Å². The van der Waals surface area contributed by atoms with Gasteiger partial charge in [0.2, 0.25) is 0 Å². The van der Waals surface area contributed by atoms with E-state index < -0.39 is 11.9 Å². The molecule has 27 heavy (non-hydrogen) atoms. The Bertz CT molecular complexity index is 858. The molecule has 3 rings (SSSR count). The van der Waals surface area contributed by atoms with Gasteiger partial charge >= 0.3 is 11.9 Å². The van der Waals surface area contributed by atoms with Gasteiger partial charge in [0.25, 0.3) is 5.91 Å². The fraction of sp³-hybridized carbons (Fsp3) is 0.250. The molecule has 1 aliphatic rings. The molecule has 0 fully saturated rings. The molecule has 2 aromatic carbocycles. The number of methoxy groups -OCH3 is 2. The van der Waals surface area contributed by atoms with E-state index in [-0.39, 0.29) is 29.4 Å². The van der Waals surface area contributed by atoms with E-state index in [1.807, 2.05) is 24.3 Å². The molecule has 0 saturated heterocycles. The Morgan fingerprint density at radius 1 is 0.963 bits per heavy atom. The van der Waals surface area contributed by atoms with E-state index in [1.54, 1.807) is 4.90 Å². The molecule has 0 bridgehead atoms. The zero-order valence-corrected chi connectivity index (χ0v) is 15.1. The molecule has 7 nitrogen and oxygen atoms in total. The number of benzene rings is 2. The summed E-state index contributed by atoms with van der Waals surface area (Å²) >= 11 is 0. The summed E-state index contributed by atoms with van der Waals surface area (Å²) in [6, 6.07) is 11.9. The van der Waals surface area contributed by atoms with Gasteiger partial charge in [0, 0.05) is 12.2 Å². The number of anilines is 1. The van der Waals surface area contributed by atoms with Crippen LogP contribution in [0.25, 0.3) is 0 Å². The van der Waals surface area contributed by atoms with Crippen molar-refractivity contribution in [2.24, 2.45) is 0 Å². The highest BCUT2D eigenvalue weighted by Gasteiger charge is 2.24. The summed E-state index contributed by atoms with van der Waals surface area (Å²) in [6.45, 7) is 0.372. The third-order valence-corrected chi connectivity index (χ3v) is 4.30. The van der Waals surface area contributed by atoms with Crippen molar-refractivity contribution in [3.63, 3.8) is 0 Å². The minimum atomic E-state index is -0.620. The molecule has 0 saturated carbocycles. The van der Waals surface area contributed by atoms with Crippen molar-refractivity contribution >= 4 is 23.5 Å². The average molecular weight is 369 g/mol. The number of nitrogens with zero attached hydrogens (tertiary/aromatic N) is 1. The van der Waals surface area contributed by atoms with Gasteiger partial charge in [-0.2, -0.15) is 0 Å². The third-order valence-electron chi connectivity index (χ3n) is 4.30. The normalized spacial score (nSPS) is 12.3. The molecule has 2 aromatic rings. The number of amides is 1. The molecule has 0 aliphatic carbocycles. The summed E-state index contributed by atoms with van der Waals surface area (Å²) < 4.78 is 14.9. The lowest BCUT2D eigenvalue weighted by atomic mass is 10.1. The van der Waals surface area contributed by atoms with Gasteiger partial charge in [-0.25, -0.2) is 9.59 Å². The zero-order valence-electron chi connectivity index (χ0n) is 15.1. The lowest BCUT2D eigenvalue weighted by Crippen LogP contribution is -2.33. The van der Waals surface area contributed by atoms with Crippen molar-refractivity contribution in [2.75, 3.05) is 32.3 Å². The first-order valence-electron chi connectivity index (χ1n) is 8.36. The number of fused-ring (bicyclic) bond motifs is 1. The summed E-state index contributed by atoms with van der Waals surface area (Å²) in [6.07, 6.45) is 0.798. The minimum Gasteiger partial charge on any atom is -0.484 e. The van der Waals surface area contributed by atoms with E-state index in [9.17, 15) is 14.4 Å². The van der Waals surface area contributed by atoms with Crippen molar-refractivity contribution in [1.82, 2.24) is 0 Å². The molecule has 1 aliphatic heterocycles. The number of ether oxygens (including phenoxy) is 3. The first kappa shape index (κ1) is 18.4. The van der Waals surface area contributed by atoms with Gasteiger partial charge in [-0.15, -0.1) is 0 Å². The third kappa shape index (κ3) is 3.92. The Hall–Kier alpha value is -3.35. The second kappa shape index (κ2) is 7.90. The number of hydrogen-bond acceptors (Lipinski definition) is 6. The Labute approximate surface area is 156 Å². The largest absolute Gasteiger partial charge is 0.484 e. The Morgan fingerprint density at radius 2 is 1.59 bits per heavy atom. The summed E-state index contributed by atoms with van der Waals surface area (Å²) in [5.41, 5.74) is 2.26. The van der Waals surface area contributed by atoms with Crippen LogP contribution in [0.4, 0.5) is 5.69 Å². The maximum atomic E-state index is 12.5. The van der Waals surface area contributed by atoms with Crippen LogP contribution < -0.4 is 9.64 Å². The standard InChI is InChI=1S/C20H19NO6/c1-25-19(23)14-9-15(20(24)26-2)11-16(10-14)27-12-18(22)21-8-7-13-5-3-4-6-17(13)21/h3-6,9-11H,7-8,12H2,1-2H3. The maximum Gasteiger partial charge on any atom is 0.338 e. The average Bonchev–Trinajstić information content (AvgIpc) is 3.14. The van der Waals surface area contributed by atoms with E-state index in [0.29, 0.717) is 6.54 Å². The molecular formula is C20H19NO6. The summed E-state index contributed by atoms with van der Waals surface area (Å²) in [7, 11) is 2.48. The number of carbonyl (C=O) groups is 3. The van der Waals surface area contributed by atoms with Gasteiger partial charge in [-0.1, -0.05) is 18.2 Å². The lowest BCUT2D eigenvalue weighted by molar-refractivity contribution is -0.120. The van der Waals surface area contributed by atoms with E-state index >= 15 is 0 Å². The molecule has 1 heterocycles. The van der Waals surface area contributed by atoms with Crippen molar-refractivity contribution < 1.29 is 28.6 Å². The van der Waals surface area contributed by atoms with Gasteiger partial charge in [0.1, 0.15) is 5.75 Å². The van der Waals surface area contributed by atoms with Crippen LogP contribution in [-0.4, -0.2) is 45.2 Å². The van der Waals surface area contributed by atoms with E-state index in [2.05, 4.69) is 9.47 Å². The first-order valence-corrected chi connectivity index (χ1v) is 8.36. The fourth-order valence-corrected chi connectivity index (χ4v) is 2.97. The quantitative estimate of drug-likeness (QED) is 0.752. The van der Waals surface area contributed by atoms with Crippen molar-refractivity contribution in [3.8, 4) is 5.75 Å². The van der Waals surface area contributed by atoms with Gasteiger partial charge in [0.15, 0.2) is 6.61 Å². The van der Waals surface area contributed by atoms with Crippen molar-refractivity contribution in [2.45, 2.75) is 6.42 Å². The zero-order chi connectivity index (χ0) is 19.4. The van der Waals surface area contributed by atoms with Crippen LogP contribution in [0.5, 0.6) is 5.75 Å². The van der Waals surface area contributed by atoms with Gasteiger partial charge in [-0.05, 0) is 36.2 Å². The predicted molar refractivity (Wildman–Crippen MR) is 97.1 cm³/mol. The summed E-state index contributed by atoms with van der Waals surface area (Å²) in [4.78, 5) is 37.8. The molecule has 0 radical (unpaired) electrons. The monoisotopic (exact) mass is 369 g/mol. The Kier molecular flexibility index (Phi) is 5.40. The molecule has 0 atom stereocenters. The summed E-state index contributed by atoms with van der Waals surface area (Å²) in [5, 5.41) is 0. The SMILES string of the molecule is COC(=O)c1cc(OCC(=O)N2CCc3ccccc32)cc(C(=O)OC)c1.